The third-order valence-electron chi connectivity index (χ3n) is 3.28. The van der Waals surface area contributed by atoms with Crippen molar-refractivity contribution in [3.8, 4) is 0 Å². The molecule has 21 heavy (non-hydrogen) atoms. The summed E-state index contributed by atoms with van der Waals surface area (Å²) in [4.78, 5) is 16.4. The Hall–Kier alpha value is -2.47. The van der Waals surface area contributed by atoms with E-state index in [0.717, 1.165) is 18.7 Å². The molecule has 0 saturated heterocycles. The van der Waals surface area contributed by atoms with Crippen molar-refractivity contribution in [2.45, 2.75) is 13.0 Å². The Balaban J connectivity index is 1.61. The lowest BCUT2D eigenvalue weighted by atomic mass is 10.2. The Kier molecular flexibility index (Phi) is 3.79. The van der Waals surface area contributed by atoms with E-state index in [0.29, 0.717) is 12.2 Å². The second-order valence-corrected chi connectivity index (χ2v) is 4.96. The number of fused-ring (bicyclic) bond motifs is 1. The number of aryl methyl sites for hydroxylation is 1. The van der Waals surface area contributed by atoms with Crippen LogP contribution in [0.25, 0.3) is 5.65 Å². The Labute approximate surface area is 122 Å². The first-order chi connectivity index (χ1) is 10.2. The second-order valence-electron chi connectivity index (χ2n) is 4.96. The van der Waals surface area contributed by atoms with Gasteiger partial charge in [-0.05, 0) is 30.7 Å². The number of nitrogens with one attached hydrogen (secondary N) is 1. The highest BCUT2D eigenvalue weighted by molar-refractivity contribution is 5.37. The molecule has 0 saturated carbocycles. The van der Waals surface area contributed by atoms with Crippen LogP contribution < -0.4 is 10.9 Å². The summed E-state index contributed by atoms with van der Waals surface area (Å²) in [5.74, 6) is 0. The standard InChI is InChI=1S/C15H17N5O/c1-19-11-12(9-17-19)5-6-16-10-13-8-15(21)20-7-3-2-4-14(20)18-13/h2-4,7-9,11,16H,5-6,10H2,1H3. The predicted octanol–water partition coefficient (Wildman–Crippen LogP) is 0.760. The molecular formula is C15H17N5O. The topological polar surface area (TPSA) is 64.2 Å². The minimum atomic E-state index is -0.0512. The molecule has 0 aliphatic carbocycles. The van der Waals surface area contributed by atoms with Crippen LogP contribution in [0.2, 0.25) is 0 Å². The van der Waals surface area contributed by atoms with Crippen molar-refractivity contribution < 1.29 is 0 Å². The van der Waals surface area contributed by atoms with Crippen LogP contribution in [0, 0.1) is 0 Å². The first kappa shape index (κ1) is 13.5. The number of rotatable bonds is 5. The Morgan fingerprint density at radius 2 is 2.24 bits per heavy atom. The molecule has 0 atom stereocenters. The summed E-state index contributed by atoms with van der Waals surface area (Å²) in [6, 6.07) is 7.11. The summed E-state index contributed by atoms with van der Waals surface area (Å²) in [7, 11) is 1.91. The lowest BCUT2D eigenvalue weighted by molar-refractivity contribution is 0.673. The summed E-state index contributed by atoms with van der Waals surface area (Å²) in [6.07, 6.45) is 6.50. The minimum Gasteiger partial charge on any atom is -0.311 e. The largest absolute Gasteiger partial charge is 0.311 e. The van der Waals surface area contributed by atoms with Crippen LogP contribution in [0.15, 0.2) is 47.7 Å². The van der Waals surface area contributed by atoms with Gasteiger partial charge >= 0.3 is 0 Å². The SMILES string of the molecule is Cn1cc(CCNCc2cc(=O)n3ccccc3n2)cn1. The zero-order valence-electron chi connectivity index (χ0n) is 11.9. The molecule has 3 heterocycles. The molecule has 1 N–H and O–H groups in total. The van der Waals surface area contributed by atoms with Gasteiger partial charge in [-0.2, -0.15) is 5.10 Å². The molecule has 0 radical (unpaired) electrons. The van der Waals surface area contributed by atoms with Crippen LogP contribution in [0.5, 0.6) is 0 Å². The highest BCUT2D eigenvalue weighted by atomic mass is 16.1. The van der Waals surface area contributed by atoms with Crippen LogP contribution in [-0.4, -0.2) is 25.7 Å². The van der Waals surface area contributed by atoms with Gasteiger partial charge in [0.25, 0.3) is 5.56 Å². The van der Waals surface area contributed by atoms with E-state index in [9.17, 15) is 4.79 Å². The molecular weight excluding hydrogens is 266 g/mol. The maximum Gasteiger partial charge on any atom is 0.258 e. The monoisotopic (exact) mass is 283 g/mol. The molecule has 0 aliphatic rings. The predicted molar refractivity (Wildman–Crippen MR) is 80.1 cm³/mol. The Morgan fingerprint density at radius 3 is 3.05 bits per heavy atom. The van der Waals surface area contributed by atoms with Gasteiger partial charge in [0, 0.05) is 32.1 Å². The summed E-state index contributed by atoms with van der Waals surface area (Å²) in [5.41, 5.74) is 2.58. The van der Waals surface area contributed by atoms with Crippen LogP contribution >= 0.6 is 0 Å². The average molecular weight is 283 g/mol. The highest BCUT2D eigenvalue weighted by Crippen LogP contribution is 1.99. The number of nitrogens with zero attached hydrogens (tertiary/aromatic N) is 4. The van der Waals surface area contributed by atoms with Crippen molar-refractivity contribution in [1.29, 1.82) is 0 Å². The maximum atomic E-state index is 11.9. The molecule has 0 amide bonds. The van der Waals surface area contributed by atoms with Gasteiger partial charge in [-0.15, -0.1) is 0 Å². The van der Waals surface area contributed by atoms with Crippen molar-refractivity contribution in [3.63, 3.8) is 0 Å². The molecule has 3 aromatic rings. The van der Waals surface area contributed by atoms with Crippen LogP contribution in [-0.2, 0) is 20.0 Å². The smallest absolute Gasteiger partial charge is 0.258 e. The van der Waals surface area contributed by atoms with E-state index in [2.05, 4.69) is 15.4 Å². The fraction of sp³-hybridized carbons (Fsp3) is 0.267. The molecule has 3 rings (SSSR count). The van der Waals surface area contributed by atoms with Gasteiger partial charge in [-0.3, -0.25) is 13.9 Å². The maximum absolute atomic E-state index is 11.9. The second kappa shape index (κ2) is 5.88. The summed E-state index contributed by atoms with van der Waals surface area (Å²) < 4.78 is 3.33. The number of hydrogen-bond donors (Lipinski definition) is 1. The number of hydrogen-bond acceptors (Lipinski definition) is 4. The molecule has 108 valence electrons. The van der Waals surface area contributed by atoms with E-state index in [-0.39, 0.29) is 5.56 Å². The Bertz CT molecular complexity index is 805. The lowest BCUT2D eigenvalue weighted by Crippen LogP contribution is -2.21. The highest BCUT2D eigenvalue weighted by Gasteiger charge is 2.02. The van der Waals surface area contributed by atoms with Crippen LogP contribution in [0.1, 0.15) is 11.3 Å². The van der Waals surface area contributed by atoms with Gasteiger partial charge in [-0.1, -0.05) is 6.07 Å². The minimum absolute atomic E-state index is 0.0512. The molecule has 0 aliphatic heterocycles. The molecule has 0 aromatic carbocycles. The van der Waals surface area contributed by atoms with Crippen molar-refractivity contribution >= 4 is 5.65 Å². The Morgan fingerprint density at radius 1 is 1.33 bits per heavy atom. The van der Waals surface area contributed by atoms with Crippen LogP contribution in [0.3, 0.4) is 0 Å². The molecule has 0 fully saturated rings. The number of aromatic nitrogens is 4. The van der Waals surface area contributed by atoms with E-state index < -0.39 is 0 Å². The van der Waals surface area contributed by atoms with Crippen molar-refractivity contribution in [1.82, 2.24) is 24.5 Å². The van der Waals surface area contributed by atoms with Gasteiger partial charge in [0.15, 0.2) is 0 Å². The van der Waals surface area contributed by atoms with Gasteiger partial charge in [0.1, 0.15) is 5.65 Å². The quantitative estimate of drug-likeness (QED) is 0.702. The molecule has 3 aromatic heterocycles. The van der Waals surface area contributed by atoms with E-state index in [1.165, 1.54) is 5.56 Å². The lowest BCUT2D eigenvalue weighted by Gasteiger charge is -2.05. The van der Waals surface area contributed by atoms with Crippen molar-refractivity contribution in [3.05, 3.63) is 64.5 Å². The molecule has 6 nitrogen and oxygen atoms in total. The summed E-state index contributed by atoms with van der Waals surface area (Å²) >= 11 is 0. The van der Waals surface area contributed by atoms with Crippen molar-refractivity contribution in [2.24, 2.45) is 7.05 Å². The average Bonchev–Trinajstić information content (AvgIpc) is 2.89. The molecule has 6 heteroatoms. The molecule has 0 bridgehead atoms. The third-order valence-corrected chi connectivity index (χ3v) is 3.28. The summed E-state index contributed by atoms with van der Waals surface area (Å²) in [6.45, 7) is 1.41. The summed E-state index contributed by atoms with van der Waals surface area (Å²) in [5, 5.41) is 7.44. The third kappa shape index (κ3) is 3.17. The first-order valence-corrected chi connectivity index (χ1v) is 6.88. The number of pyridine rings is 1. The van der Waals surface area contributed by atoms with E-state index in [1.807, 2.05) is 37.6 Å². The van der Waals surface area contributed by atoms with Gasteiger partial charge < -0.3 is 5.32 Å². The fourth-order valence-electron chi connectivity index (χ4n) is 2.24. The van der Waals surface area contributed by atoms with Gasteiger partial charge in [0.05, 0.1) is 11.9 Å². The van der Waals surface area contributed by atoms with E-state index >= 15 is 0 Å². The van der Waals surface area contributed by atoms with Crippen LogP contribution in [0.4, 0.5) is 0 Å². The molecule has 0 spiro atoms. The van der Waals surface area contributed by atoms with E-state index in [1.54, 1.807) is 21.3 Å². The van der Waals surface area contributed by atoms with Crippen molar-refractivity contribution in [2.75, 3.05) is 6.54 Å². The fourth-order valence-corrected chi connectivity index (χ4v) is 2.24. The molecule has 0 unspecified atom stereocenters. The zero-order chi connectivity index (χ0) is 14.7. The normalized spacial score (nSPS) is 11.1. The van der Waals surface area contributed by atoms with Gasteiger partial charge in [-0.25, -0.2) is 4.98 Å². The van der Waals surface area contributed by atoms with Gasteiger partial charge in [0.2, 0.25) is 0 Å². The van der Waals surface area contributed by atoms with E-state index in [4.69, 9.17) is 0 Å². The first-order valence-electron chi connectivity index (χ1n) is 6.88. The zero-order valence-corrected chi connectivity index (χ0v) is 11.9.